The van der Waals surface area contributed by atoms with E-state index in [0.29, 0.717) is 6.42 Å². The fourth-order valence-corrected chi connectivity index (χ4v) is 5.84. The molecule has 3 N–H and O–H groups in total. The Labute approximate surface area is 306 Å². The third-order valence-electron chi connectivity index (χ3n) is 8.00. The Morgan fingerprint density at radius 2 is 1.08 bits per heavy atom. The van der Waals surface area contributed by atoms with E-state index in [1.165, 1.54) is 96.3 Å². The minimum Gasteiger partial charge on any atom is -0.498 e. The number of hydrogen-bond acceptors (Lipinski definition) is 7. The number of hydrogen-bond donors (Lipinski definition) is 2. The van der Waals surface area contributed by atoms with Crippen LogP contribution in [-0.2, 0) is 27.9 Å². The van der Waals surface area contributed by atoms with Crippen LogP contribution in [0, 0.1) is 0 Å². The average Bonchev–Trinajstić information content (AvgIpc) is 3.10. The number of unbranched alkanes of at least 4 members (excludes halogenated alkanes) is 16. The van der Waals surface area contributed by atoms with Gasteiger partial charge in [0.15, 0.2) is 6.10 Å². The molecule has 0 saturated carbocycles. The lowest BCUT2D eigenvalue weighted by atomic mass is 10.0. The van der Waals surface area contributed by atoms with E-state index in [1.54, 1.807) is 6.26 Å². The molecule has 0 heterocycles. The smallest absolute Gasteiger partial charge is 0.472 e. The Kier molecular flexibility index (Phi) is 36.8. The van der Waals surface area contributed by atoms with Crippen LogP contribution in [0.2, 0.25) is 0 Å². The second kappa shape index (κ2) is 38.3. The second-order valence-electron chi connectivity index (χ2n) is 12.9. The highest BCUT2D eigenvalue weighted by atomic mass is 31.2. The molecule has 0 aromatic rings. The number of carbonyl (C=O) groups excluding carboxylic acids is 1. The summed E-state index contributed by atoms with van der Waals surface area (Å²) in [4.78, 5) is 22.4. The van der Waals surface area contributed by atoms with Crippen LogP contribution in [-0.4, -0.2) is 43.3 Å². The zero-order valence-electron chi connectivity index (χ0n) is 31.9. The van der Waals surface area contributed by atoms with Gasteiger partial charge in [-0.3, -0.25) is 13.8 Å². The number of rotatable bonds is 37. The van der Waals surface area contributed by atoms with Gasteiger partial charge in [-0.1, -0.05) is 146 Å². The summed E-state index contributed by atoms with van der Waals surface area (Å²) in [5.74, 6) is -0.408. The van der Waals surface area contributed by atoms with Crippen LogP contribution >= 0.6 is 7.82 Å². The Bertz CT molecular complexity index is 947. The van der Waals surface area contributed by atoms with Gasteiger partial charge in [0.2, 0.25) is 0 Å². The maximum atomic E-state index is 12.5. The van der Waals surface area contributed by atoms with E-state index in [-0.39, 0.29) is 32.8 Å². The number of esters is 1. The number of carbonyl (C=O) groups is 1. The highest BCUT2D eigenvalue weighted by Crippen LogP contribution is 2.43. The zero-order valence-corrected chi connectivity index (χ0v) is 32.8. The first kappa shape index (κ1) is 48.0. The van der Waals surface area contributed by atoms with Crippen molar-refractivity contribution in [3.05, 3.63) is 60.9 Å². The van der Waals surface area contributed by atoms with Gasteiger partial charge in [-0.15, -0.1) is 0 Å². The van der Waals surface area contributed by atoms with Crippen LogP contribution in [0.15, 0.2) is 60.9 Å². The third kappa shape index (κ3) is 37.3. The van der Waals surface area contributed by atoms with Gasteiger partial charge in [0.25, 0.3) is 0 Å². The summed E-state index contributed by atoms with van der Waals surface area (Å²) < 4.78 is 33.0. The normalized spacial score (nSPS) is 14.2. The van der Waals surface area contributed by atoms with E-state index in [9.17, 15) is 14.3 Å². The number of ether oxygens (including phenoxy) is 2. The number of allylic oxidation sites excluding steroid dienone is 9. The molecule has 0 aromatic heterocycles. The lowest BCUT2D eigenvalue weighted by Crippen LogP contribution is -2.27. The first-order chi connectivity index (χ1) is 24.4. The lowest BCUT2D eigenvalue weighted by Gasteiger charge is -2.19. The predicted molar refractivity (Wildman–Crippen MR) is 210 cm³/mol. The SMILES string of the molecule is CCCCC/C=C\C/C=C\C/C=C\C/C=C\CCCC(=O)OC(CO/C=C\CCCCCCCCCCCCCC)COP(=O)(O)OCCN. The van der Waals surface area contributed by atoms with Gasteiger partial charge in [0, 0.05) is 13.0 Å². The van der Waals surface area contributed by atoms with Gasteiger partial charge >= 0.3 is 13.8 Å². The van der Waals surface area contributed by atoms with Crippen LogP contribution < -0.4 is 5.73 Å². The van der Waals surface area contributed by atoms with Gasteiger partial charge in [0.05, 0.1) is 19.5 Å². The van der Waals surface area contributed by atoms with Crippen molar-refractivity contribution in [3.63, 3.8) is 0 Å². The van der Waals surface area contributed by atoms with Crippen molar-refractivity contribution in [2.45, 2.75) is 168 Å². The highest BCUT2D eigenvalue weighted by Gasteiger charge is 2.25. The Hall–Kier alpha value is -1.96. The molecule has 0 saturated heterocycles. The molecule has 0 aliphatic rings. The van der Waals surface area contributed by atoms with E-state index in [4.69, 9.17) is 24.3 Å². The molecule has 0 aromatic carbocycles. The fraction of sp³-hybridized carbons (Fsp3) is 0.732. The molecule has 290 valence electrons. The Morgan fingerprint density at radius 1 is 0.620 bits per heavy atom. The van der Waals surface area contributed by atoms with Crippen LogP contribution in [0.3, 0.4) is 0 Å². The van der Waals surface area contributed by atoms with Crippen molar-refractivity contribution in [1.82, 2.24) is 0 Å². The summed E-state index contributed by atoms with van der Waals surface area (Å²) in [6.45, 7) is 4.13. The maximum Gasteiger partial charge on any atom is 0.472 e. The van der Waals surface area contributed by atoms with Crippen molar-refractivity contribution < 1.29 is 32.8 Å². The van der Waals surface area contributed by atoms with Gasteiger partial charge in [0.1, 0.15) is 6.61 Å². The third-order valence-corrected chi connectivity index (χ3v) is 8.99. The maximum absolute atomic E-state index is 12.5. The van der Waals surface area contributed by atoms with E-state index >= 15 is 0 Å². The summed E-state index contributed by atoms with van der Waals surface area (Å²) in [5.41, 5.74) is 5.35. The molecule has 2 atom stereocenters. The molecule has 0 rings (SSSR count). The van der Waals surface area contributed by atoms with Crippen molar-refractivity contribution >= 4 is 13.8 Å². The van der Waals surface area contributed by atoms with E-state index in [0.717, 1.165) is 38.5 Å². The van der Waals surface area contributed by atoms with E-state index in [2.05, 4.69) is 62.5 Å². The van der Waals surface area contributed by atoms with E-state index in [1.807, 2.05) is 6.08 Å². The fourth-order valence-electron chi connectivity index (χ4n) is 5.07. The van der Waals surface area contributed by atoms with Crippen molar-refractivity contribution in [2.75, 3.05) is 26.4 Å². The van der Waals surface area contributed by atoms with Crippen LogP contribution in [0.25, 0.3) is 0 Å². The molecule has 0 spiro atoms. The molecule has 0 aliphatic carbocycles. The lowest BCUT2D eigenvalue weighted by molar-refractivity contribution is -0.153. The molecular formula is C41H74NO7P. The van der Waals surface area contributed by atoms with Crippen molar-refractivity contribution in [3.8, 4) is 0 Å². The molecule has 50 heavy (non-hydrogen) atoms. The largest absolute Gasteiger partial charge is 0.498 e. The summed E-state index contributed by atoms with van der Waals surface area (Å²) >= 11 is 0. The van der Waals surface area contributed by atoms with E-state index < -0.39 is 19.9 Å². The Morgan fingerprint density at radius 3 is 1.64 bits per heavy atom. The highest BCUT2D eigenvalue weighted by molar-refractivity contribution is 7.47. The van der Waals surface area contributed by atoms with Gasteiger partial charge < -0.3 is 20.1 Å². The van der Waals surface area contributed by atoms with Gasteiger partial charge in [-0.25, -0.2) is 4.57 Å². The molecular weight excluding hydrogens is 649 g/mol. The summed E-state index contributed by atoms with van der Waals surface area (Å²) in [5, 5.41) is 0. The summed E-state index contributed by atoms with van der Waals surface area (Å²) in [6.07, 6.45) is 46.2. The first-order valence-corrected chi connectivity index (χ1v) is 21.3. The van der Waals surface area contributed by atoms with Crippen LogP contribution in [0.4, 0.5) is 0 Å². The number of nitrogens with two attached hydrogens (primary N) is 1. The van der Waals surface area contributed by atoms with Crippen molar-refractivity contribution in [1.29, 1.82) is 0 Å². The van der Waals surface area contributed by atoms with Crippen LogP contribution in [0.5, 0.6) is 0 Å². The molecule has 9 heteroatoms. The molecule has 0 fully saturated rings. The number of phosphoric acid groups is 1. The molecule has 0 aliphatic heterocycles. The predicted octanol–water partition coefficient (Wildman–Crippen LogP) is 11.8. The second-order valence-corrected chi connectivity index (χ2v) is 14.3. The summed E-state index contributed by atoms with van der Waals surface area (Å²) in [6, 6.07) is 0. The standard InChI is InChI=1S/C41H74NO7P/c1-3-5-7-9-11-13-15-17-19-20-21-22-24-26-28-30-32-34-41(43)49-40(39-48-50(44,45)47-37-35-42)38-46-36-33-31-29-27-25-23-18-16-14-12-10-8-6-4-2/h11,13,17,19,21-22,26,28,33,36,40H,3-10,12,14-16,18,20,23-25,27,29-32,34-35,37-39,42H2,1-2H3,(H,44,45)/b13-11-,19-17-,22-21-,28-26-,36-33-. The molecule has 2 unspecified atom stereocenters. The minimum atomic E-state index is -4.30. The molecule has 0 bridgehead atoms. The molecule has 0 radical (unpaired) electrons. The molecule has 8 nitrogen and oxygen atoms in total. The minimum absolute atomic E-state index is 0.00868. The van der Waals surface area contributed by atoms with Gasteiger partial charge in [-0.05, 0) is 63.9 Å². The Balaban J connectivity index is 4.25. The van der Waals surface area contributed by atoms with Crippen molar-refractivity contribution in [2.24, 2.45) is 5.73 Å². The van der Waals surface area contributed by atoms with Gasteiger partial charge in [-0.2, -0.15) is 0 Å². The monoisotopic (exact) mass is 724 g/mol. The first-order valence-electron chi connectivity index (χ1n) is 19.8. The van der Waals surface area contributed by atoms with Crippen LogP contribution in [0.1, 0.15) is 162 Å². The average molecular weight is 724 g/mol. The topological polar surface area (TPSA) is 117 Å². The zero-order chi connectivity index (χ0) is 36.6. The summed E-state index contributed by atoms with van der Waals surface area (Å²) in [7, 11) is -4.30. The molecule has 0 amide bonds. The number of phosphoric ester groups is 1. The quantitative estimate of drug-likeness (QED) is 0.0214.